The van der Waals surface area contributed by atoms with Crippen molar-refractivity contribution in [1.82, 2.24) is 5.32 Å². The van der Waals surface area contributed by atoms with Crippen LogP contribution in [0.5, 0.6) is 0 Å². The summed E-state index contributed by atoms with van der Waals surface area (Å²) in [5, 5.41) is 12.6. The average Bonchev–Trinajstić information content (AvgIpc) is 2.17. The van der Waals surface area contributed by atoms with Gasteiger partial charge in [-0.2, -0.15) is 0 Å². The second kappa shape index (κ2) is 3.75. The van der Waals surface area contributed by atoms with Crippen molar-refractivity contribution < 1.29 is 5.11 Å². The molecule has 0 aromatic carbocycles. The summed E-state index contributed by atoms with van der Waals surface area (Å²) in [6.07, 6.45) is 8.07. The molecule has 2 N–H and O–H groups in total. The molecule has 2 aliphatic rings. The van der Waals surface area contributed by atoms with E-state index in [0.717, 1.165) is 12.0 Å². The minimum absolute atomic E-state index is 0.323. The van der Waals surface area contributed by atoms with E-state index in [4.69, 9.17) is 5.11 Å². The van der Waals surface area contributed by atoms with Gasteiger partial charge in [0.15, 0.2) is 0 Å². The number of rotatable bonds is 1. The van der Waals surface area contributed by atoms with Crippen LogP contribution >= 0.6 is 0 Å². The molecule has 70 valence electrons. The lowest BCUT2D eigenvalue weighted by atomic mass is 9.78. The standard InChI is InChI=1S/C10H19NO/c12-7-9-6-5-8-3-1-2-4-10(8)11-9/h8-12H,1-7H2/t8-,9+,10+/m0/s1. The number of aliphatic hydroxyl groups excluding tert-OH is 1. The lowest BCUT2D eigenvalue weighted by Gasteiger charge is -2.39. The Morgan fingerprint density at radius 1 is 1.08 bits per heavy atom. The molecule has 0 aromatic heterocycles. The average molecular weight is 169 g/mol. The van der Waals surface area contributed by atoms with Crippen LogP contribution in [0.2, 0.25) is 0 Å². The molecular formula is C10H19NO. The first kappa shape index (κ1) is 8.52. The van der Waals surface area contributed by atoms with E-state index in [0.29, 0.717) is 12.6 Å². The topological polar surface area (TPSA) is 32.3 Å². The fourth-order valence-corrected chi connectivity index (χ4v) is 2.72. The van der Waals surface area contributed by atoms with Crippen LogP contribution in [0.25, 0.3) is 0 Å². The summed E-state index contributed by atoms with van der Waals surface area (Å²) in [6, 6.07) is 1.12. The SMILES string of the molecule is OC[C@H]1CC[C@@H]2CCCC[C@H]2N1. The molecule has 3 atom stereocenters. The first-order valence-corrected chi connectivity index (χ1v) is 5.27. The summed E-state index contributed by atoms with van der Waals surface area (Å²) in [5.41, 5.74) is 0. The van der Waals surface area contributed by atoms with Gasteiger partial charge in [-0.15, -0.1) is 0 Å². The third kappa shape index (κ3) is 1.64. The summed E-state index contributed by atoms with van der Waals surface area (Å²) < 4.78 is 0. The zero-order chi connectivity index (χ0) is 8.39. The quantitative estimate of drug-likeness (QED) is 0.620. The lowest BCUT2D eigenvalue weighted by Crippen LogP contribution is -2.50. The van der Waals surface area contributed by atoms with Gasteiger partial charge < -0.3 is 10.4 Å². The Labute approximate surface area is 74.4 Å². The molecular weight excluding hydrogens is 150 g/mol. The molecule has 2 fully saturated rings. The van der Waals surface area contributed by atoms with Crippen molar-refractivity contribution >= 4 is 0 Å². The van der Waals surface area contributed by atoms with Crippen molar-refractivity contribution in [2.24, 2.45) is 5.92 Å². The van der Waals surface area contributed by atoms with Crippen LogP contribution in [0.3, 0.4) is 0 Å². The summed E-state index contributed by atoms with van der Waals surface area (Å²) in [6.45, 7) is 0.323. The molecule has 1 saturated heterocycles. The van der Waals surface area contributed by atoms with Gasteiger partial charge in [0, 0.05) is 12.1 Å². The second-order valence-electron chi connectivity index (χ2n) is 4.27. The van der Waals surface area contributed by atoms with Crippen LogP contribution in [-0.2, 0) is 0 Å². The molecule has 1 aliphatic heterocycles. The van der Waals surface area contributed by atoms with E-state index in [2.05, 4.69) is 5.32 Å². The third-order valence-electron chi connectivity index (χ3n) is 3.47. The van der Waals surface area contributed by atoms with Gasteiger partial charge in [0.1, 0.15) is 0 Å². The lowest BCUT2D eigenvalue weighted by molar-refractivity contribution is 0.134. The maximum absolute atomic E-state index is 9.02. The Hall–Kier alpha value is -0.0800. The van der Waals surface area contributed by atoms with Crippen LogP contribution in [0.15, 0.2) is 0 Å². The number of fused-ring (bicyclic) bond motifs is 1. The Morgan fingerprint density at radius 3 is 2.75 bits per heavy atom. The molecule has 2 heteroatoms. The number of hydrogen-bond donors (Lipinski definition) is 2. The molecule has 0 amide bonds. The molecule has 0 radical (unpaired) electrons. The van der Waals surface area contributed by atoms with Crippen LogP contribution in [-0.4, -0.2) is 23.8 Å². The normalized spacial score (nSPS) is 42.2. The van der Waals surface area contributed by atoms with E-state index in [-0.39, 0.29) is 0 Å². The summed E-state index contributed by atoms with van der Waals surface area (Å²) in [5.74, 6) is 0.918. The van der Waals surface area contributed by atoms with Crippen molar-refractivity contribution in [2.75, 3.05) is 6.61 Å². The molecule has 2 rings (SSSR count). The van der Waals surface area contributed by atoms with Crippen molar-refractivity contribution in [3.05, 3.63) is 0 Å². The first-order chi connectivity index (χ1) is 5.90. The number of piperidine rings is 1. The highest BCUT2D eigenvalue weighted by molar-refractivity contribution is 4.88. The van der Waals surface area contributed by atoms with Crippen LogP contribution in [0.4, 0.5) is 0 Å². The number of hydrogen-bond acceptors (Lipinski definition) is 2. The first-order valence-electron chi connectivity index (χ1n) is 5.27. The van der Waals surface area contributed by atoms with E-state index in [1.165, 1.54) is 38.5 Å². The van der Waals surface area contributed by atoms with Crippen LogP contribution in [0.1, 0.15) is 38.5 Å². The van der Waals surface area contributed by atoms with Gasteiger partial charge in [-0.25, -0.2) is 0 Å². The summed E-state index contributed by atoms with van der Waals surface area (Å²) in [4.78, 5) is 0. The van der Waals surface area contributed by atoms with Gasteiger partial charge in [0.05, 0.1) is 6.61 Å². The Kier molecular flexibility index (Phi) is 2.66. The maximum Gasteiger partial charge on any atom is 0.0584 e. The Balaban J connectivity index is 1.90. The molecule has 0 spiro atoms. The molecule has 1 saturated carbocycles. The van der Waals surface area contributed by atoms with E-state index >= 15 is 0 Å². The van der Waals surface area contributed by atoms with Crippen LogP contribution in [0, 0.1) is 5.92 Å². The predicted molar refractivity (Wildman–Crippen MR) is 49.0 cm³/mol. The van der Waals surface area contributed by atoms with Crippen LogP contribution < -0.4 is 5.32 Å². The summed E-state index contributed by atoms with van der Waals surface area (Å²) >= 11 is 0. The minimum Gasteiger partial charge on any atom is -0.395 e. The largest absolute Gasteiger partial charge is 0.395 e. The van der Waals surface area contributed by atoms with Gasteiger partial charge >= 0.3 is 0 Å². The maximum atomic E-state index is 9.02. The van der Waals surface area contributed by atoms with Gasteiger partial charge in [0.2, 0.25) is 0 Å². The fraction of sp³-hybridized carbons (Fsp3) is 1.00. The highest BCUT2D eigenvalue weighted by Gasteiger charge is 2.30. The zero-order valence-corrected chi connectivity index (χ0v) is 7.63. The highest BCUT2D eigenvalue weighted by Crippen LogP contribution is 2.31. The Morgan fingerprint density at radius 2 is 1.92 bits per heavy atom. The van der Waals surface area contributed by atoms with Crippen molar-refractivity contribution in [2.45, 2.75) is 50.6 Å². The van der Waals surface area contributed by atoms with Gasteiger partial charge in [0.25, 0.3) is 0 Å². The molecule has 0 aromatic rings. The number of nitrogens with one attached hydrogen (secondary N) is 1. The molecule has 12 heavy (non-hydrogen) atoms. The number of aliphatic hydroxyl groups is 1. The smallest absolute Gasteiger partial charge is 0.0584 e. The van der Waals surface area contributed by atoms with E-state index < -0.39 is 0 Å². The van der Waals surface area contributed by atoms with Gasteiger partial charge in [-0.05, 0) is 31.6 Å². The molecule has 1 heterocycles. The molecule has 0 unspecified atom stereocenters. The van der Waals surface area contributed by atoms with Crippen molar-refractivity contribution in [3.8, 4) is 0 Å². The fourth-order valence-electron chi connectivity index (χ4n) is 2.72. The Bertz CT molecular complexity index is 149. The molecule has 0 bridgehead atoms. The van der Waals surface area contributed by atoms with E-state index in [1.54, 1.807) is 0 Å². The summed E-state index contributed by atoms with van der Waals surface area (Å²) in [7, 11) is 0. The van der Waals surface area contributed by atoms with Gasteiger partial charge in [-0.3, -0.25) is 0 Å². The molecule has 1 aliphatic carbocycles. The minimum atomic E-state index is 0.323. The molecule has 2 nitrogen and oxygen atoms in total. The van der Waals surface area contributed by atoms with Crippen molar-refractivity contribution in [1.29, 1.82) is 0 Å². The highest BCUT2D eigenvalue weighted by atomic mass is 16.3. The van der Waals surface area contributed by atoms with E-state index in [1.807, 2.05) is 0 Å². The van der Waals surface area contributed by atoms with Gasteiger partial charge in [-0.1, -0.05) is 12.8 Å². The second-order valence-corrected chi connectivity index (χ2v) is 4.27. The third-order valence-corrected chi connectivity index (χ3v) is 3.47. The van der Waals surface area contributed by atoms with Crippen molar-refractivity contribution in [3.63, 3.8) is 0 Å². The zero-order valence-electron chi connectivity index (χ0n) is 7.63. The monoisotopic (exact) mass is 169 g/mol. The predicted octanol–water partition coefficient (Wildman–Crippen LogP) is 1.29. The van der Waals surface area contributed by atoms with E-state index in [9.17, 15) is 0 Å².